The van der Waals surface area contributed by atoms with Crippen molar-refractivity contribution in [1.29, 1.82) is 0 Å². The van der Waals surface area contributed by atoms with Crippen molar-refractivity contribution in [3.8, 4) is 28.6 Å². The van der Waals surface area contributed by atoms with Gasteiger partial charge in [-0.2, -0.15) is 0 Å². The Kier molecular flexibility index (Phi) is 5.80. The SMILES string of the molecule is COc1ccc(-c2nnc(SC(C)C(=O)Nc3ccc4c(c3)OCCO4)n2C)cc1. The highest BCUT2D eigenvalue weighted by Crippen LogP contribution is 2.33. The van der Waals surface area contributed by atoms with Crippen molar-refractivity contribution in [3.63, 3.8) is 0 Å². The van der Waals surface area contributed by atoms with Gasteiger partial charge in [-0.05, 0) is 43.3 Å². The van der Waals surface area contributed by atoms with Gasteiger partial charge >= 0.3 is 0 Å². The van der Waals surface area contributed by atoms with E-state index in [1.54, 1.807) is 25.3 Å². The lowest BCUT2D eigenvalue weighted by Crippen LogP contribution is -2.23. The summed E-state index contributed by atoms with van der Waals surface area (Å²) in [6, 6.07) is 13.0. The van der Waals surface area contributed by atoms with Crippen LogP contribution in [0.25, 0.3) is 11.4 Å². The van der Waals surface area contributed by atoms with E-state index >= 15 is 0 Å². The average molecular weight is 426 g/mol. The number of aromatic nitrogens is 3. The lowest BCUT2D eigenvalue weighted by atomic mass is 10.2. The Morgan fingerprint density at radius 1 is 1.13 bits per heavy atom. The molecule has 1 aromatic heterocycles. The van der Waals surface area contributed by atoms with E-state index in [1.165, 1.54) is 11.8 Å². The number of carbonyl (C=O) groups is 1. The van der Waals surface area contributed by atoms with Crippen molar-refractivity contribution in [3.05, 3.63) is 42.5 Å². The molecule has 156 valence electrons. The van der Waals surface area contributed by atoms with Crippen molar-refractivity contribution >= 4 is 23.4 Å². The summed E-state index contributed by atoms with van der Waals surface area (Å²) in [5, 5.41) is 11.7. The minimum atomic E-state index is -0.371. The number of nitrogens with one attached hydrogen (secondary N) is 1. The molecule has 1 amide bonds. The molecule has 1 N–H and O–H groups in total. The quantitative estimate of drug-likeness (QED) is 0.605. The predicted molar refractivity (Wildman–Crippen MR) is 114 cm³/mol. The Balaban J connectivity index is 1.42. The Bertz CT molecular complexity index is 1050. The second-order valence-corrected chi connectivity index (χ2v) is 8.01. The van der Waals surface area contributed by atoms with E-state index in [4.69, 9.17) is 14.2 Å². The highest BCUT2D eigenvalue weighted by atomic mass is 32.2. The van der Waals surface area contributed by atoms with E-state index in [1.807, 2.05) is 42.8 Å². The summed E-state index contributed by atoms with van der Waals surface area (Å²) in [4.78, 5) is 12.7. The molecule has 1 atom stereocenters. The van der Waals surface area contributed by atoms with Crippen LogP contribution < -0.4 is 19.5 Å². The van der Waals surface area contributed by atoms with Gasteiger partial charge in [-0.3, -0.25) is 4.79 Å². The van der Waals surface area contributed by atoms with E-state index in [2.05, 4.69) is 15.5 Å². The first kappa shape index (κ1) is 20.1. The van der Waals surface area contributed by atoms with Gasteiger partial charge in [0.25, 0.3) is 0 Å². The molecule has 30 heavy (non-hydrogen) atoms. The fraction of sp³-hybridized carbons (Fsp3) is 0.286. The highest BCUT2D eigenvalue weighted by Gasteiger charge is 2.20. The van der Waals surface area contributed by atoms with Crippen molar-refractivity contribution in [2.75, 3.05) is 25.6 Å². The summed E-state index contributed by atoms with van der Waals surface area (Å²) in [5.74, 6) is 2.69. The molecule has 0 saturated heterocycles. The molecule has 0 radical (unpaired) electrons. The number of anilines is 1. The van der Waals surface area contributed by atoms with Crippen LogP contribution in [-0.2, 0) is 11.8 Å². The number of nitrogens with zero attached hydrogens (tertiary/aromatic N) is 3. The molecule has 0 saturated carbocycles. The lowest BCUT2D eigenvalue weighted by Gasteiger charge is -2.19. The van der Waals surface area contributed by atoms with Gasteiger partial charge in [0, 0.05) is 24.4 Å². The average Bonchev–Trinajstić information content (AvgIpc) is 3.13. The summed E-state index contributed by atoms with van der Waals surface area (Å²) < 4.78 is 18.1. The molecular weight excluding hydrogens is 404 g/mol. The van der Waals surface area contributed by atoms with Gasteiger partial charge in [0.15, 0.2) is 22.5 Å². The molecule has 2 heterocycles. The molecular formula is C21H22N4O4S. The third kappa shape index (κ3) is 4.20. The zero-order valence-corrected chi connectivity index (χ0v) is 17.7. The normalized spacial score (nSPS) is 13.6. The Labute approximate surface area is 178 Å². The van der Waals surface area contributed by atoms with Crippen LogP contribution in [0.3, 0.4) is 0 Å². The standard InChI is InChI=1S/C21H22N4O4S/c1-13(20(26)22-15-6-9-17-18(12-15)29-11-10-28-17)30-21-24-23-19(25(21)2)14-4-7-16(27-3)8-5-14/h4-9,12-13H,10-11H2,1-3H3,(H,22,26). The summed E-state index contributed by atoms with van der Waals surface area (Å²) in [5.41, 5.74) is 1.58. The smallest absolute Gasteiger partial charge is 0.237 e. The number of amides is 1. The molecule has 2 aromatic carbocycles. The topological polar surface area (TPSA) is 87.5 Å². The van der Waals surface area contributed by atoms with Gasteiger partial charge in [-0.1, -0.05) is 11.8 Å². The van der Waals surface area contributed by atoms with Gasteiger partial charge in [-0.15, -0.1) is 10.2 Å². The molecule has 0 fully saturated rings. The van der Waals surface area contributed by atoms with Crippen LogP contribution in [0.1, 0.15) is 6.92 Å². The number of carbonyl (C=O) groups excluding carboxylic acids is 1. The number of hydrogen-bond donors (Lipinski definition) is 1. The summed E-state index contributed by atoms with van der Waals surface area (Å²) in [7, 11) is 3.51. The molecule has 1 aliphatic heterocycles. The molecule has 0 bridgehead atoms. The maximum Gasteiger partial charge on any atom is 0.237 e. The number of ether oxygens (including phenoxy) is 3. The van der Waals surface area contributed by atoms with Crippen molar-refractivity contribution < 1.29 is 19.0 Å². The van der Waals surface area contributed by atoms with Crippen LogP contribution in [-0.4, -0.2) is 46.2 Å². The van der Waals surface area contributed by atoms with Crippen LogP contribution in [0.4, 0.5) is 5.69 Å². The third-order valence-electron chi connectivity index (χ3n) is 4.64. The molecule has 0 aliphatic carbocycles. The number of rotatable bonds is 6. The van der Waals surface area contributed by atoms with Crippen LogP contribution >= 0.6 is 11.8 Å². The number of hydrogen-bond acceptors (Lipinski definition) is 7. The second kappa shape index (κ2) is 8.66. The first-order chi connectivity index (χ1) is 14.5. The Hall–Kier alpha value is -3.20. The zero-order valence-electron chi connectivity index (χ0n) is 16.9. The van der Waals surface area contributed by atoms with E-state index in [0.717, 1.165) is 17.1 Å². The van der Waals surface area contributed by atoms with Gasteiger partial charge < -0.3 is 24.1 Å². The second-order valence-electron chi connectivity index (χ2n) is 6.70. The van der Waals surface area contributed by atoms with Gasteiger partial charge in [-0.25, -0.2) is 0 Å². The van der Waals surface area contributed by atoms with Crippen molar-refractivity contribution in [1.82, 2.24) is 14.8 Å². The number of thioether (sulfide) groups is 1. The third-order valence-corrected chi connectivity index (χ3v) is 5.78. The lowest BCUT2D eigenvalue weighted by molar-refractivity contribution is -0.115. The first-order valence-corrected chi connectivity index (χ1v) is 10.3. The van der Waals surface area contributed by atoms with E-state index in [9.17, 15) is 4.79 Å². The number of fused-ring (bicyclic) bond motifs is 1. The van der Waals surface area contributed by atoms with E-state index in [0.29, 0.717) is 35.6 Å². The van der Waals surface area contributed by atoms with Gasteiger partial charge in [0.2, 0.25) is 5.91 Å². The van der Waals surface area contributed by atoms with Crippen molar-refractivity contribution in [2.45, 2.75) is 17.3 Å². The Morgan fingerprint density at radius 2 is 1.87 bits per heavy atom. The molecule has 3 aromatic rings. The monoisotopic (exact) mass is 426 g/mol. The summed E-state index contributed by atoms with van der Waals surface area (Å²) in [6.45, 7) is 2.86. The van der Waals surface area contributed by atoms with Gasteiger partial charge in [0.1, 0.15) is 19.0 Å². The van der Waals surface area contributed by atoms with E-state index < -0.39 is 0 Å². The molecule has 8 nitrogen and oxygen atoms in total. The van der Waals surface area contributed by atoms with Crippen molar-refractivity contribution in [2.24, 2.45) is 7.05 Å². The molecule has 9 heteroatoms. The zero-order chi connectivity index (χ0) is 21.1. The highest BCUT2D eigenvalue weighted by molar-refractivity contribution is 8.00. The maximum absolute atomic E-state index is 12.7. The fourth-order valence-corrected chi connectivity index (χ4v) is 3.80. The van der Waals surface area contributed by atoms with Crippen LogP contribution in [0, 0.1) is 0 Å². The number of benzene rings is 2. The molecule has 1 aliphatic rings. The largest absolute Gasteiger partial charge is 0.497 e. The fourth-order valence-electron chi connectivity index (χ4n) is 2.99. The first-order valence-electron chi connectivity index (χ1n) is 9.46. The van der Waals surface area contributed by atoms with Gasteiger partial charge in [0.05, 0.1) is 12.4 Å². The summed E-state index contributed by atoms with van der Waals surface area (Å²) >= 11 is 1.35. The minimum absolute atomic E-state index is 0.134. The predicted octanol–water partition coefficient (Wildman–Crippen LogP) is 3.38. The minimum Gasteiger partial charge on any atom is -0.497 e. The van der Waals surface area contributed by atoms with Crippen LogP contribution in [0.5, 0.6) is 17.2 Å². The van der Waals surface area contributed by atoms with E-state index in [-0.39, 0.29) is 11.2 Å². The number of methoxy groups -OCH3 is 1. The molecule has 0 spiro atoms. The molecule has 1 unspecified atom stereocenters. The van der Waals surface area contributed by atoms with Crippen LogP contribution in [0.15, 0.2) is 47.6 Å². The molecule has 4 rings (SSSR count). The summed E-state index contributed by atoms with van der Waals surface area (Å²) in [6.07, 6.45) is 0. The maximum atomic E-state index is 12.7. The van der Waals surface area contributed by atoms with Crippen LogP contribution in [0.2, 0.25) is 0 Å². The Morgan fingerprint density at radius 3 is 2.60 bits per heavy atom.